The number of nitrogens with zero attached hydrogens (tertiary/aromatic N) is 4. The topological polar surface area (TPSA) is 64.8 Å². The number of likely N-dealkylation sites (N-methyl/N-ethyl adjacent to an activating group) is 1. The van der Waals surface area contributed by atoms with Crippen LogP contribution in [0.2, 0.25) is 0 Å². The molecule has 18 heavy (non-hydrogen) atoms. The van der Waals surface area contributed by atoms with Crippen LogP contribution in [-0.4, -0.2) is 35.6 Å². The van der Waals surface area contributed by atoms with Gasteiger partial charge in [-0.05, 0) is 39.3 Å². The van der Waals surface area contributed by atoms with E-state index in [0.717, 1.165) is 25.3 Å². The van der Waals surface area contributed by atoms with E-state index in [1.165, 1.54) is 12.8 Å². The van der Waals surface area contributed by atoms with Gasteiger partial charge < -0.3 is 10.2 Å². The predicted molar refractivity (Wildman–Crippen MR) is 70.4 cm³/mol. The summed E-state index contributed by atoms with van der Waals surface area (Å²) in [4.78, 5) is 10.9. The Balaban J connectivity index is 2.15. The van der Waals surface area contributed by atoms with Crippen LogP contribution >= 0.6 is 0 Å². The lowest BCUT2D eigenvalue weighted by atomic mass is 10.2. The third kappa shape index (κ3) is 2.96. The van der Waals surface area contributed by atoms with Gasteiger partial charge in [0, 0.05) is 24.8 Å². The van der Waals surface area contributed by atoms with Crippen molar-refractivity contribution in [2.75, 3.05) is 24.5 Å². The van der Waals surface area contributed by atoms with Crippen molar-refractivity contribution in [1.82, 2.24) is 15.3 Å². The molecule has 1 aliphatic heterocycles. The second-order valence-electron chi connectivity index (χ2n) is 4.64. The largest absolute Gasteiger partial charge is 0.339 e. The number of aryl methyl sites for hydroxylation is 1. The van der Waals surface area contributed by atoms with Crippen molar-refractivity contribution in [1.29, 1.82) is 5.26 Å². The van der Waals surface area contributed by atoms with E-state index in [1.54, 1.807) is 6.07 Å². The van der Waals surface area contributed by atoms with Crippen molar-refractivity contribution in [3.63, 3.8) is 0 Å². The van der Waals surface area contributed by atoms with Crippen molar-refractivity contribution >= 4 is 5.95 Å². The summed E-state index contributed by atoms with van der Waals surface area (Å²) in [5.74, 6) is 0.669. The van der Waals surface area contributed by atoms with Crippen LogP contribution in [0.15, 0.2) is 6.07 Å². The molecule has 1 N–H and O–H groups in total. The summed E-state index contributed by atoms with van der Waals surface area (Å²) in [5.41, 5.74) is 1.28. The SMILES string of the molecule is CCN(CC1CCCN1)c1nc(C)cc(C#N)n1. The highest BCUT2D eigenvalue weighted by molar-refractivity contribution is 5.36. The zero-order valence-electron chi connectivity index (χ0n) is 11.0. The van der Waals surface area contributed by atoms with Gasteiger partial charge in [-0.2, -0.15) is 5.26 Å². The van der Waals surface area contributed by atoms with Gasteiger partial charge in [0.15, 0.2) is 0 Å². The molecule has 1 aromatic heterocycles. The molecule has 2 rings (SSSR count). The third-order valence-corrected chi connectivity index (χ3v) is 3.22. The van der Waals surface area contributed by atoms with Crippen LogP contribution in [0, 0.1) is 18.3 Å². The van der Waals surface area contributed by atoms with Gasteiger partial charge >= 0.3 is 0 Å². The van der Waals surface area contributed by atoms with Gasteiger partial charge in [-0.25, -0.2) is 9.97 Å². The fraction of sp³-hybridized carbons (Fsp3) is 0.615. The maximum atomic E-state index is 8.95. The summed E-state index contributed by atoms with van der Waals surface area (Å²) in [6.45, 7) is 6.85. The van der Waals surface area contributed by atoms with E-state index in [1.807, 2.05) is 6.92 Å². The molecule has 0 aliphatic carbocycles. The Labute approximate surface area is 108 Å². The minimum atomic E-state index is 0.440. The zero-order valence-corrected chi connectivity index (χ0v) is 11.0. The lowest BCUT2D eigenvalue weighted by Crippen LogP contribution is -2.38. The second kappa shape index (κ2) is 5.78. The van der Waals surface area contributed by atoms with Crippen molar-refractivity contribution in [2.24, 2.45) is 0 Å². The van der Waals surface area contributed by atoms with Gasteiger partial charge in [0.25, 0.3) is 0 Å². The van der Waals surface area contributed by atoms with Crippen LogP contribution in [0.3, 0.4) is 0 Å². The molecule has 0 amide bonds. The quantitative estimate of drug-likeness (QED) is 0.864. The highest BCUT2D eigenvalue weighted by Crippen LogP contribution is 2.13. The van der Waals surface area contributed by atoms with E-state index in [4.69, 9.17) is 5.26 Å². The summed E-state index contributed by atoms with van der Waals surface area (Å²) < 4.78 is 0. The first-order valence-corrected chi connectivity index (χ1v) is 6.47. The summed E-state index contributed by atoms with van der Waals surface area (Å²) in [5, 5.41) is 12.4. The van der Waals surface area contributed by atoms with Gasteiger partial charge in [-0.3, -0.25) is 0 Å². The fourth-order valence-corrected chi connectivity index (χ4v) is 2.28. The van der Waals surface area contributed by atoms with Gasteiger partial charge in [-0.15, -0.1) is 0 Å². The number of nitriles is 1. The first-order valence-electron chi connectivity index (χ1n) is 6.47. The molecule has 96 valence electrons. The van der Waals surface area contributed by atoms with Crippen LogP contribution in [0.1, 0.15) is 31.2 Å². The van der Waals surface area contributed by atoms with Gasteiger partial charge in [-0.1, -0.05) is 0 Å². The molecule has 0 aromatic carbocycles. The Morgan fingerprint density at radius 2 is 2.39 bits per heavy atom. The molecule has 5 heteroatoms. The third-order valence-electron chi connectivity index (χ3n) is 3.22. The van der Waals surface area contributed by atoms with E-state index in [0.29, 0.717) is 17.7 Å². The maximum absolute atomic E-state index is 8.95. The molecule has 1 fully saturated rings. The average molecular weight is 245 g/mol. The Bertz CT molecular complexity index is 445. The van der Waals surface area contributed by atoms with Crippen LogP contribution in [0.4, 0.5) is 5.95 Å². The van der Waals surface area contributed by atoms with Gasteiger partial charge in [0.05, 0.1) is 0 Å². The lowest BCUT2D eigenvalue weighted by molar-refractivity contribution is 0.579. The lowest BCUT2D eigenvalue weighted by Gasteiger charge is -2.24. The smallest absolute Gasteiger partial charge is 0.226 e. The zero-order chi connectivity index (χ0) is 13.0. The molecule has 1 aliphatic rings. The van der Waals surface area contributed by atoms with Gasteiger partial charge in [0.2, 0.25) is 5.95 Å². The standard InChI is InChI=1S/C13H19N5/c1-3-18(9-11-5-4-6-15-11)13-16-10(2)7-12(8-14)17-13/h7,11,15H,3-6,9H2,1-2H3. The average Bonchev–Trinajstić information content (AvgIpc) is 2.88. The van der Waals surface area contributed by atoms with Crippen molar-refractivity contribution in [3.05, 3.63) is 17.5 Å². The van der Waals surface area contributed by atoms with Crippen LogP contribution in [-0.2, 0) is 0 Å². The Hall–Kier alpha value is -1.67. The number of rotatable bonds is 4. The monoisotopic (exact) mass is 245 g/mol. The van der Waals surface area contributed by atoms with Crippen LogP contribution in [0.25, 0.3) is 0 Å². The summed E-state index contributed by atoms with van der Waals surface area (Å²) in [7, 11) is 0. The maximum Gasteiger partial charge on any atom is 0.226 e. The first-order chi connectivity index (χ1) is 8.72. The Morgan fingerprint density at radius 1 is 1.56 bits per heavy atom. The normalized spacial score (nSPS) is 18.6. The van der Waals surface area contributed by atoms with Crippen LogP contribution < -0.4 is 10.2 Å². The summed E-state index contributed by atoms with van der Waals surface area (Å²) in [6.07, 6.45) is 2.44. The minimum absolute atomic E-state index is 0.440. The highest BCUT2D eigenvalue weighted by Gasteiger charge is 2.19. The number of anilines is 1. The molecule has 1 saturated heterocycles. The first kappa shape index (κ1) is 12.8. The molecule has 0 saturated carbocycles. The molecule has 1 aromatic rings. The Kier molecular flexibility index (Phi) is 4.11. The van der Waals surface area contributed by atoms with Gasteiger partial charge in [0.1, 0.15) is 11.8 Å². The molecular weight excluding hydrogens is 226 g/mol. The molecule has 0 bridgehead atoms. The molecule has 0 spiro atoms. The summed E-state index contributed by atoms with van der Waals surface area (Å²) in [6, 6.07) is 4.31. The van der Waals surface area contributed by atoms with Crippen molar-refractivity contribution in [2.45, 2.75) is 32.7 Å². The van der Waals surface area contributed by atoms with Crippen LogP contribution in [0.5, 0.6) is 0 Å². The molecule has 0 radical (unpaired) electrons. The van der Waals surface area contributed by atoms with Crippen molar-refractivity contribution < 1.29 is 0 Å². The van der Waals surface area contributed by atoms with Crippen molar-refractivity contribution in [3.8, 4) is 6.07 Å². The molecule has 1 unspecified atom stereocenters. The second-order valence-corrected chi connectivity index (χ2v) is 4.64. The molecule has 2 heterocycles. The summed E-state index contributed by atoms with van der Waals surface area (Å²) >= 11 is 0. The van der Waals surface area contributed by atoms with E-state index in [9.17, 15) is 0 Å². The highest BCUT2D eigenvalue weighted by atomic mass is 15.3. The minimum Gasteiger partial charge on any atom is -0.339 e. The predicted octanol–water partition coefficient (Wildman–Crippen LogP) is 1.23. The molecular formula is C13H19N5. The van der Waals surface area contributed by atoms with E-state index in [-0.39, 0.29) is 0 Å². The molecule has 1 atom stereocenters. The van der Waals surface area contributed by atoms with E-state index < -0.39 is 0 Å². The Morgan fingerprint density at radius 3 is 3.00 bits per heavy atom. The van der Waals surface area contributed by atoms with E-state index >= 15 is 0 Å². The fourth-order valence-electron chi connectivity index (χ4n) is 2.28. The number of hydrogen-bond donors (Lipinski definition) is 1. The van der Waals surface area contributed by atoms with E-state index in [2.05, 4.69) is 33.2 Å². The number of hydrogen-bond acceptors (Lipinski definition) is 5. The molecule has 5 nitrogen and oxygen atoms in total. The number of nitrogens with one attached hydrogen (secondary N) is 1. The number of aromatic nitrogens is 2.